The first-order valence-corrected chi connectivity index (χ1v) is 18.2. The molecule has 2 heteroatoms. The molecule has 0 N–H and O–H groups in total. The fourth-order valence-electron chi connectivity index (χ4n) is 6.71. The normalized spacial score (nSPS) is 12.1. The SMILES string of the molecule is C(=C/c1ccc(/C=C\c2ccc(/C=C(/c3ccccc3)c3ccncc3)cc2)c2ccccc12)/c1ccc(/C=C(/c2ccccc2)c2ccncc2)cc1. The molecule has 2 heterocycles. The van der Waals surface area contributed by atoms with Crippen molar-refractivity contribution in [1.29, 1.82) is 0 Å². The van der Waals surface area contributed by atoms with Gasteiger partial charge in [-0.15, -0.1) is 0 Å². The number of hydrogen-bond acceptors (Lipinski definition) is 2. The Hall–Kier alpha value is -7.16. The highest BCUT2D eigenvalue weighted by Gasteiger charge is 2.07. The maximum absolute atomic E-state index is 4.21. The van der Waals surface area contributed by atoms with Crippen LogP contribution in [0.15, 0.2) is 195 Å². The monoisotopic (exact) mass is 690 g/mol. The molecule has 0 aliphatic heterocycles. The van der Waals surface area contributed by atoms with Gasteiger partial charge in [0, 0.05) is 24.8 Å². The third-order valence-corrected chi connectivity index (χ3v) is 9.55. The number of fused-ring (bicyclic) bond motifs is 1. The summed E-state index contributed by atoms with van der Waals surface area (Å²) < 4.78 is 0. The lowest BCUT2D eigenvalue weighted by molar-refractivity contribution is 1.32. The van der Waals surface area contributed by atoms with Crippen LogP contribution in [0.4, 0.5) is 0 Å². The molecule has 6 aromatic carbocycles. The van der Waals surface area contributed by atoms with Crippen molar-refractivity contribution >= 4 is 58.4 Å². The van der Waals surface area contributed by atoms with E-state index in [4.69, 9.17) is 0 Å². The molecular formula is C52H38N2. The first-order valence-electron chi connectivity index (χ1n) is 18.2. The lowest BCUT2D eigenvalue weighted by atomic mass is 9.96. The van der Waals surface area contributed by atoms with Gasteiger partial charge in [0.2, 0.25) is 0 Å². The predicted molar refractivity (Wildman–Crippen MR) is 230 cm³/mol. The highest BCUT2D eigenvalue weighted by molar-refractivity contribution is 5.99. The van der Waals surface area contributed by atoms with Crippen LogP contribution in [-0.4, -0.2) is 9.97 Å². The van der Waals surface area contributed by atoms with E-state index in [0.29, 0.717) is 0 Å². The van der Waals surface area contributed by atoms with Gasteiger partial charge in [0.1, 0.15) is 0 Å². The Morgan fingerprint density at radius 3 is 1.02 bits per heavy atom. The van der Waals surface area contributed by atoms with E-state index in [2.05, 4.69) is 204 Å². The number of benzene rings is 6. The van der Waals surface area contributed by atoms with Crippen molar-refractivity contribution in [3.8, 4) is 0 Å². The Bertz CT molecular complexity index is 2320. The van der Waals surface area contributed by atoms with E-state index in [9.17, 15) is 0 Å². The van der Waals surface area contributed by atoms with Gasteiger partial charge in [-0.1, -0.05) is 170 Å². The third kappa shape index (κ3) is 8.15. The molecular weight excluding hydrogens is 653 g/mol. The van der Waals surface area contributed by atoms with Gasteiger partial charge in [-0.05, 0) is 114 Å². The van der Waals surface area contributed by atoms with Crippen molar-refractivity contribution < 1.29 is 0 Å². The van der Waals surface area contributed by atoms with Crippen molar-refractivity contribution in [2.45, 2.75) is 0 Å². The van der Waals surface area contributed by atoms with Gasteiger partial charge in [0.15, 0.2) is 0 Å². The molecule has 0 aliphatic rings. The summed E-state index contributed by atoms with van der Waals surface area (Å²) >= 11 is 0. The summed E-state index contributed by atoms with van der Waals surface area (Å²) in [5.41, 5.74) is 14.0. The summed E-state index contributed by atoms with van der Waals surface area (Å²) in [4.78, 5) is 8.43. The van der Waals surface area contributed by atoms with Crippen LogP contribution >= 0.6 is 0 Å². The van der Waals surface area contributed by atoms with Crippen LogP contribution in [0.25, 0.3) is 58.4 Å². The maximum Gasteiger partial charge on any atom is 0.0273 e. The minimum absolute atomic E-state index is 1.14. The van der Waals surface area contributed by atoms with Gasteiger partial charge in [-0.2, -0.15) is 0 Å². The Balaban J connectivity index is 1.00. The fraction of sp³-hybridized carbons (Fsp3) is 0. The molecule has 0 saturated heterocycles. The van der Waals surface area contributed by atoms with Crippen molar-refractivity contribution in [1.82, 2.24) is 9.97 Å². The second-order valence-corrected chi connectivity index (χ2v) is 13.1. The zero-order valence-corrected chi connectivity index (χ0v) is 29.8. The molecule has 2 nitrogen and oxygen atoms in total. The molecule has 8 aromatic rings. The summed E-state index contributed by atoms with van der Waals surface area (Å²) in [5, 5.41) is 2.45. The van der Waals surface area contributed by atoms with E-state index in [1.807, 2.05) is 36.9 Å². The molecule has 0 radical (unpaired) electrons. The second kappa shape index (κ2) is 16.5. The van der Waals surface area contributed by atoms with Gasteiger partial charge in [-0.25, -0.2) is 0 Å². The molecule has 2 aromatic heterocycles. The lowest BCUT2D eigenvalue weighted by Crippen LogP contribution is -1.88. The number of nitrogens with zero attached hydrogens (tertiary/aromatic N) is 2. The van der Waals surface area contributed by atoms with Gasteiger partial charge < -0.3 is 0 Å². The average molecular weight is 691 g/mol. The topological polar surface area (TPSA) is 25.8 Å². The van der Waals surface area contributed by atoms with Crippen LogP contribution in [0, 0.1) is 0 Å². The van der Waals surface area contributed by atoms with Crippen LogP contribution in [0.5, 0.6) is 0 Å². The summed E-state index contributed by atoms with van der Waals surface area (Å²) in [6.07, 6.45) is 20.7. The van der Waals surface area contributed by atoms with Crippen molar-refractivity contribution in [3.05, 3.63) is 250 Å². The number of hydrogen-bond donors (Lipinski definition) is 0. The fourth-order valence-corrected chi connectivity index (χ4v) is 6.71. The zero-order valence-electron chi connectivity index (χ0n) is 29.8. The van der Waals surface area contributed by atoms with Crippen molar-refractivity contribution in [2.75, 3.05) is 0 Å². The van der Waals surface area contributed by atoms with Crippen LogP contribution in [0.1, 0.15) is 55.6 Å². The maximum atomic E-state index is 4.21. The smallest absolute Gasteiger partial charge is 0.0273 e. The van der Waals surface area contributed by atoms with E-state index < -0.39 is 0 Å². The molecule has 0 amide bonds. The van der Waals surface area contributed by atoms with E-state index >= 15 is 0 Å². The number of pyridine rings is 2. The molecule has 0 aliphatic carbocycles. The molecule has 0 atom stereocenters. The van der Waals surface area contributed by atoms with E-state index in [1.165, 1.54) is 44.2 Å². The van der Waals surface area contributed by atoms with Gasteiger partial charge in [-0.3, -0.25) is 9.97 Å². The zero-order chi connectivity index (χ0) is 36.4. The first-order chi connectivity index (χ1) is 26.8. The molecule has 0 bridgehead atoms. The van der Waals surface area contributed by atoms with Crippen LogP contribution in [-0.2, 0) is 0 Å². The van der Waals surface area contributed by atoms with Crippen LogP contribution in [0.2, 0.25) is 0 Å². The first kappa shape index (κ1) is 34.0. The van der Waals surface area contributed by atoms with Crippen LogP contribution < -0.4 is 0 Å². The van der Waals surface area contributed by atoms with Gasteiger partial charge in [0.25, 0.3) is 0 Å². The number of rotatable bonds is 10. The standard InChI is InChI=1S/C52H38N2/c1-3-9-43(10-4-1)51(47-29-33-53-34-30-47)37-41-19-15-39(16-20-41)23-25-45-27-28-46(50-14-8-7-13-49(45)50)26-24-40-17-21-42(22-18-40)38-52(44-11-5-2-6-12-44)48-31-35-54-36-32-48/h1-38H/b25-23-,26-24-,51-37-,52-38-. The quantitative estimate of drug-likeness (QED) is 0.134. The highest BCUT2D eigenvalue weighted by atomic mass is 14.6. The predicted octanol–water partition coefficient (Wildman–Crippen LogP) is 13.1. The molecule has 0 spiro atoms. The Morgan fingerprint density at radius 2 is 0.630 bits per heavy atom. The van der Waals surface area contributed by atoms with Crippen molar-refractivity contribution in [3.63, 3.8) is 0 Å². The van der Waals surface area contributed by atoms with Gasteiger partial charge >= 0.3 is 0 Å². The summed E-state index contributed by atoms with van der Waals surface area (Å²) in [6.45, 7) is 0. The molecule has 54 heavy (non-hydrogen) atoms. The molecule has 0 fully saturated rings. The van der Waals surface area contributed by atoms with E-state index in [-0.39, 0.29) is 0 Å². The molecule has 256 valence electrons. The Labute approximate surface area is 317 Å². The van der Waals surface area contributed by atoms with E-state index in [1.54, 1.807) is 0 Å². The Morgan fingerprint density at radius 1 is 0.296 bits per heavy atom. The lowest BCUT2D eigenvalue weighted by Gasteiger charge is -2.09. The Kier molecular flexibility index (Phi) is 10.3. The average Bonchev–Trinajstić information content (AvgIpc) is 3.25. The van der Waals surface area contributed by atoms with Crippen LogP contribution in [0.3, 0.4) is 0 Å². The summed E-state index contributed by atoms with van der Waals surface area (Å²) in [6, 6.07) is 59.8. The van der Waals surface area contributed by atoms with Crippen molar-refractivity contribution in [2.24, 2.45) is 0 Å². The summed E-state index contributed by atoms with van der Waals surface area (Å²) in [7, 11) is 0. The minimum atomic E-state index is 1.14. The molecule has 0 unspecified atom stereocenters. The minimum Gasteiger partial charge on any atom is -0.265 e. The van der Waals surface area contributed by atoms with Gasteiger partial charge in [0.05, 0.1) is 0 Å². The summed E-state index contributed by atoms with van der Waals surface area (Å²) in [5.74, 6) is 0. The largest absolute Gasteiger partial charge is 0.265 e. The second-order valence-electron chi connectivity index (χ2n) is 13.1. The third-order valence-electron chi connectivity index (χ3n) is 9.55. The highest BCUT2D eigenvalue weighted by Crippen LogP contribution is 2.29. The molecule has 0 saturated carbocycles. The molecule has 8 rings (SSSR count). The number of aromatic nitrogens is 2. The van der Waals surface area contributed by atoms with E-state index in [0.717, 1.165) is 33.4 Å².